The minimum Gasteiger partial charge on any atom is -0.359 e. The molecule has 0 radical (unpaired) electrons. The minimum absolute atomic E-state index is 0.0838. The molecular formula is C37H40N6. The molecule has 1 spiro atoms. The zero-order valence-electron chi connectivity index (χ0n) is 25.8. The molecule has 8 rings (SSSR count). The van der Waals surface area contributed by atoms with Gasteiger partial charge in [-0.2, -0.15) is 0 Å². The van der Waals surface area contributed by atoms with Gasteiger partial charge in [-0.3, -0.25) is 0 Å². The number of rotatable bonds is 3. The lowest BCUT2D eigenvalue weighted by Crippen LogP contribution is -2.62. The summed E-state index contributed by atoms with van der Waals surface area (Å²) >= 11 is 0. The van der Waals surface area contributed by atoms with Gasteiger partial charge in [0.1, 0.15) is 18.0 Å². The van der Waals surface area contributed by atoms with Crippen molar-refractivity contribution in [3.63, 3.8) is 0 Å². The Hall–Kier alpha value is -4.32. The van der Waals surface area contributed by atoms with Crippen molar-refractivity contribution in [2.75, 3.05) is 28.8 Å². The first-order chi connectivity index (χ1) is 21.0. The van der Waals surface area contributed by atoms with Gasteiger partial charge in [0.2, 0.25) is 0 Å². The van der Waals surface area contributed by atoms with Crippen molar-refractivity contribution in [3.05, 3.63) is 108 Å². The highest BCUT2D eigenvalue weighted by Gasteiger charge is 2.66. The second kappa shape index (κ2) is 9.34. The van der Waals surface area contributed by atoms with Gasteiger partial charge in [0, 0.05) is 54.3 Å². The number of aryl methyl sites for hydroxylation is 1. The van der Waals surface area contributed by atoms with Gasteiger partial charge in [-0.15, -0.1) is 0 Å². The third-order valence-corrected chi connectivity index (χ3v) is 11.2. The van der Waals surface area contributed by atoms with Crippen molar-refractivity contribution in [1.82, 2.24) is 14.9 Å². The summed E-state index contributed by atoms with van der Waals surface area (Å²) < 4.78 is 0. The van der Waals surface area contributed by atoms with Crippen LogP contribution in [-0.4, -0.2) is 41.3 Å². The van der Waals surface area contributed by atoms with Crippen molar-refractivity contribution in [2.24, 2.45) is 0 Å². The molecule has 3 atom stereocenters. The third-order valence-electron chi connectivity index (χ3n) is 11.2. The lowest BCUT2D eigenvalue weighted by Gasteiger charge is -2.56. The topological polar surface area (TPSA) is 38.7 Å². The Morgan fingerprint density at radius 3 is 2.28 bits per heavy atom. The van der Waals surface area contributed by atoms with Crippen LogP contribution in [0.25, 0.3) is 11.4 Å². The van der Waals surface area contributed by atoms with Gasteiger partial charge in [-0.25, -0.2) is 9.97 Å². The number of nitrogens with zero attached hydrogens (tertiary/aromatic N) is 6. The van der Waals surface area contributed by atoms with E-state index in [1.807, 2.05) is 0 Å². The summed E-state index contributed by atoms with van der Waals surface area (Å²) in [6, 6.07) is 26.8. The van der Waals surface area contributed by atoms with Gasteiger partial charge in [-0.1, -0.05) is 74.5 Å². The molecule has 6 nitrogen and oxygen atoms in total. The van der Waals surface area contributed by atoms with Crippen LogP contribution in [0, 0.1) is 6.92 Å². The molecule has 4 aliphatic rings. The fourth-order valence-electron chi connectivity index (χ4n) is 9.31. The highest BCUT2D eigenvalue weighted by molar-refractivity contribution is 5.88. The van der Waals surface area contributed by atoms with Crippen molar-refractivity contribution in [1.29, 1.82) is 0 Å². The Balaban J connectivity index is 1.39. The molecule has 6 heteroatoms. The SMILES string of the molecule is CCC1(CC)c2ccccc2N2C=CN(C)C2CCC12c1ccccc1N1c3cnc(-c4ccccc4C)nc3N(C)C12. The summed E-state index contributed by atoms with van der Waals surface area (Å²) in [4.78, 5) is 20.2. The standard InChI is InChI=1S/C37H40N6/c1-6-36(7-2)27-16-10-12-18-29(27)42-23-22-40(4)32(42)20-21-37(36)28-17-11-13-19-30(28)43-31-24-38-33(26-15-9-8-14-25(26)3)39-34(31)41(5)35(37)43/h8-19,22-24,32,35H,6-7,20-21H2,1-5H3. The molecule has 0 saturated carbocycles. The van der Waals surface area contributed by atoms with Crippen molar-refractivity contribution >= 4 is 22.9 Å². The van der Waals surface area contributed by atoms with E-state index in [-0.39, 0.29) is 23.2 Å². The zero-order chi connectivity index (χ0) is 29.5. The Kier molecular flexibility index (Phi) is 5.72. The van der Waals surface area contributed by atoms with Crippen LogP contribution in [0.1, 0.15) is 56.2 Å². The maximum atomic E-state index is 5.30. The van der Waals surface area contributed by atoms with Gasteiger partial charge in [0.05, 0.1) is 6.20 Å². The minimum atomic E-state index is -0.184. The lowest BCUT2D eigenvalue weighted by atomic mass is 9.51. The van der Waals surface area contributed by atoms with E-state index in [1.54, 1.807) is 0 Å². The predicted octanol–water partition coefficient (Wildman–Crippen LogP) is 7.72. The summed E-state index contributed by atoms with van der Waals surface area (Å²) in [5.41, 5.74) is 8.64. The molecule has 3 aromatic carbocycles. The molecule has 1 aromatic heterocycles. The van der Waals surface area contributed by atoms with Crippen LogP contribution in [0.2, 0.25) is 0 Å². The Labute approximate surface area is 255 Å². The van der Waals surface area contributed by atoms with E-state index in [9.17, 15) is 0 Å². The molecule has 0 saturated heterocycles. The average molecular weight is 569 g/mol. The number of aromatic nitrogens is 2. The highest BCUT2D eigenvalue weighted by atomic mass is 15.5. The summed E-state index contributed by atoms with van der Waals surface area (Å²) in [6.07, 6.45) is 11.2. The first-order valence-electron chi connectivity index (χ1n) is 15.8. The summed E-state index contributed by atoms with van der Waals surface area (Å²) in [6.45, 7) is 6.97. The first kappa shape index (κ1) is 26.3. The molecule has 3 unspecified atom stereocenters. The predicted molar refractivity (Wildman–Crippen MR) is 176 cm³/mol. The van der Waals surface area contributed by atoms with E-state index in [0.717, 1.165) is 48.6 Å². The average Bonchev–Trinajstić information content (AvgIpc) is 3.65. The smallest absolute Gasteiger partial charge is 0.161 e. The van der Waals surface area contributed by atoms with E-state index >= 15 is 0 Å². The molecule has 0 amide bonds. The second-order valence-corrected chi connectivity index (χ2v) is 12.8. The van der Waals surface area contributed by atoms with Crippen molar-refractivity contribution < 1.29 is 0 Å². The number of hydrogen-bond donors (Lipinski definition) is 0. The van der Waals surface area contributed by atoms with Crippen LogP contribution in [0.5, 0.6) is 0 Å². The molecule has 0 aliphatic carbocycles. The van der Waals surface area contributed by atoms with Crippen LogP contribution in [-0.2, 0) is 10.8 Å². The second-order valence-electron chi connectivity index (χ2n) is 12.8. The fraction of sp³-hybridized carbons (Fsp3) is 0.351. The molecule has 4 aliphatic heterocycles. The van der Waals surface area contributed by atoms with E-state index in [1.165, 1.54) is 28.1 Å². The monoisotopic (exact) mass is 568 g/mol. The largest absolute Gasteiger partial charge is 0.359 e. The molecule has 4 aromatic rings. The number of likely N-dealkylation sites (N-methyl/N-ethyl adjacent to an activating group) is 1. The van der Waals surface area contributed by atoms with Crippen LogP contribution in [0.4, 0.5) is 22.9 Å². The van der Waals surface area contributed by atoms with Crippen LogP contribution in [0.3, 0.4) is 0 Å². The quantitative estimate of drug-likeness (QED) is 0.252. The molecule has 218 valence electrons. The Morgan fingerprint density at radius 1 is 0.814 bits per heavy atom. The zero-order valence-corrected chi connectivity index (χ0v) is 25.8. The third kappa shape index (κ3) is 3.24. The van der Waals surface area contributed by atoms with Crippen molar-refractivity contribution in [3.8, 4) is 11.4 Å². The number of hydrogen-bond acceptors (Lipinski definition) is 6. The Bertz CT molecular complexity index is 1760. The molecule has 0 N–H and O–H groups in total. The molecule has 43 heavy (non-hydrogen) atoms. The first-order valence-corrected chi connectivity index (χ1v) is 15.8. The summed E-state index contributed by atoms with van der Waals surface area (Å²) in [5, 5.41) is 0. The number of fused-ring (bicyclic) bond motifs is 10. The van der Waals surface area contributed by atoms with Gasteiger partial charge < -0.3 is 19.6 Å². The van der Waals surface area contributed by atoms with Crippen LogP contribution < -0.4 is 14.7 Å². The van der Waals surface area contributed by atoms with Crippen molar-refractivity contribution in [2.45, 2.75) is 69.6 Å². The Morgan fingerprint density at radius 2 is 1.51 bits per heavy atom. The van der Waals surface area contributed by atoms with Gasteiger partial charge in [0.25, 0.3) is 0 Å². The van der Waals surface area contributed by atoms with Crippen LogP contribution in [0.15, 0.2) is 91.4 Å². The molecule has 5 heterocycles. The normalized spacial score (nSPS) is 24.4. The van der Waals surface area contributed by atoms with E-state index in [4.69, 9.17) is 9.97 Å². The van der Waals surface area contributed by atoms with E-state index < -0.39 is 0 Å². The highest BCUT2D eigenvalue weighted by Crippen LogP contribution is 2.67. The van der Waals surface area contributed by atoms with Crippen LogP contribution >= 0.6 is 0 Å². The number of para-hydroxylation sites is 2. The summed E-state index contributed by atoms with van der Waals surface area (Å²) in [7, 11) is 4.49. The number of anilines is 4. The van der Waals surface area contributed by atoms with Gasteiger partial charge >= 0.3 is 0 Å². The number of benzene rings is 3. The lowest BCUT2D eigenvalue weighted by molar-refractivity contribution is 0.137. The maximum Gasteiger partial charge on any atom is 0.161 e. The van der Waals surface area contributed by atoms with E-state index in [0.29, 0.717) is 0 Å². The molecule has 0 bridgehead atoms. The maximum absolute atomic E-state index is 5.30. The van der Waals surface area contributed by atoms with Gasteiger partial charge in [0.15, 0.2) is 11.6 Å². The van der Waals surface area contributed by atoms with E-state index in [2.05, 4.69) is 146 Å². The molecule has 0 fully saturated rings. The summed E-state index contributed by atoms with van der Waals surface area (Å²) in [5.74, 6) is 1.81. The fourth-order valence-corrected chi connectivity index (χ4v) is 9.31. The van der Waals surface area contributed by atoms with Gasteiger partial charge in [-0.05, 0) is 61.4 Å². The molecular weight excluding hydrogens is 528 g/mol.